The van der Waals surface area contributed by atoms with Gasteiger partial charge in [0.1, 0.15) is 5.82 Å². The second-order valence-corrected chi connectivity index (χ2v) is 6.40. The number of anilines is 1. The van der Waals surface area contributed by atoms with Crippen LogP contribution < -0.4 is 5.32 Å². The van der Waals surface area contributed by atoms with E-state index in [0.717, 1.165) is 25.0 Å². The van der Waals surface area contributed by atoms with Crippen LogP contribution in [0.4, 0.5) is 14.9 Å². The molecule has 0 saturated carbocycles. The summed E-state index contributed by atoms with van der Waals surface area (Å²) < 4.78 is 19.9. The Labute approximate surface area is 142 Å². The van der Waals surface area contributed by atoms with Crippen molar-refractivity contribution in [2.45, 2.75) is 32.2 Å². The number of rotatable bonds is 3. The molecule has 1 N–H and O–H groups in total. The number of carbonyl (C=O) groups excluding carboxylic acids is 1. The number of likely N-dealkylation sites (tertiary alicyclic amines) is 1. The number of hydrogen-bond donors (Lipinski definition) is 1. The zero-order valence-electron chi connectivity index (χ0n) is 12.7. The van der Waals surface area contributed by atoms with Gasteiger partial charge in [0, 0.05) is 17.1 Å². The lowest BCUT2D eigenvalue weighted by Crippen LogP contribution is -2.34. The number of carbonyl (C=O) groups is 1. The number of urea groups is 1. The van der Waals surface area contributed by atoms with Crippen molar-refractivity contribution >= 4 is 27.6 Å². The van der Waals surface area contributed by atoms with Gasteiger partial charge in [0.05, 0.1) is 17.4 Å². The molecule has 1 aliphatic rings. The molecule has 5 nitrogen and oxygen atoms in total. The minimum absolute atomic E-state index is 0.152. The minimum Gasteiger partial charge on any atom is -0.359 e. The lowest BCUT2D eigenvalue weighted by atomic mass is 10.1. The molecule has 1 aromatic carbocycles. The van der Waals surface area contributed by atoms with Crippen LogP contribution in [0.25, 0.3) is 0 Å². The Kier molecular flexibility index (Phi) is 4.66. The molecule has 3 rings (SSSR count). The standard InChI is InChI=1S/C16H17BrFN3O2/c1-2-11-9-15(23-20-11)14-4-3-7-21(14)16(22)19-13-6-5-10(17)8-12(13)18/h5-6,8-9,14H,2-4,7H2,1H3,(H,19,22)/t14-/m0/s1. The summed E-state index contributed by atoms with van der Waals surface area (Å²) in [6.45, 7) is 2.61. The Hall–Kier alpha value is -1.89. The van der Waals surface area contributed by atoms with Crippen molar-refractivity contribution in [3.05, 3.63) is 46.0 Å². The van der Waals surface area contributed by atoms with Crippen LogP contribution in [0.2, 0.25) is 0 Å². The first kappa shape index (κ1) is 16.0. The third kappa shape index (κ3) is 3.39. The quantitative estimate of drug-likeness (QED) is 0.850. The van der Waals surface area contributed by atoms with Crippen molar-refractivity contribution in [1.82, 2.24) is 10.1 Å². The Morgan fingerprint density at radius 3 is 3.04 bits per heavy atom. The second-order valence-electron chi connectivity index (χ2n) is 5.48. The SMILES string of the molecule is CCc1cc([C@@H]2CCCN2C(=O)Nc2ccc(Br)cc2F)on1. The highest BCUT2D eigenvalue weighted by Crippen LogP contribution is 2.33. The lowest BCUT2D eigenvalue weighted by Gasteiger charge is -2.23. The van der Waals surface area contributed by atoms with E-state index in [4.69, 9.17) is 4.52 Å². The van der Waals surface area contributed by atoms with E-state index in [1.807, 2.05) is 13.0 Å². The molecule has 0 unspecified atom stereocenters. The van der Waals surface area contributed by atoms with E-state index < -0.39 is 5.82 Å². The van der Waals surface area contributed by atoms with Gasteiger partial charge in [-0.3, -0.25) is 0 Å². The van der Waals surface area contributed by atoms with Crippen LogP contribution in [0.15, 0.2) is 33.3 Å². The number of amides is 2. The molecule has 7 heteroatoms. The van der Waals surface area contributed by atoms with Crippen molar-refractivity contribution in [1.29, 1.82) is 0 Å². The molecule has 0 aliphatic carbocycles. The summed E-state index contributed by atoms with van der Waals surface area (Å²) in [5, 5.41) is 6.61. The van der Waals surface area contributed by atoms with Gasteiger partial charge < -0.3 is 14.7 Å². The smallest absolute Gasteiger partial charge is 0.322 e. The molecule has 1 fully saturated rings. The molecular weight excluding hydrogens is 365 g/mol. The number of halogens is 2. The van der Waals surface area contributed by atoms with Crippen LogP contribution in [-0.4, -0.2) is 22.6 Å². The summed E-state index contributed by atoms with van der Waals surface area (Å²) in [4.78, 5) is 14.2. The molecule has 122 valence electrons. The highest BCUT2D eigenvalue weighted by Gasteiger charge is 2.33. The topological polar surface area (TPSA) is 58.4 Å². The van der Waals surface area contributed by atoms with Crippen LogP contribution >= 0.6 is 15.9 Å². The summed E-state index contributed by atoms with van der Waals surface area (Å²) >= 11 is 3.20. The monoisotopic (exact) mass is 381 g/mol. The van der Waals surface area contributed by atoms with Crippen LogP contribution in [0.1, 0.15) is 37.3 Å². The molecule has 1 saturated heterocycles. The van der Waals surface area contributed by atoms with Gasteiger partial charge in [0.2, 0.25) is 0 Å². The maximum Gasteiger partial charge on any atom is 0.322 e. The fraction of sp³-hybridized carbons (Fsp3) is 0.375. The van der Waals surface area contributed by atoms with E-state index in [2.05, 4.69) is 26.4 Å². The van der Waals surface area contributed by atoms with Gasteiger partial charge in [-0.1, -0.05) is 28.0 Å². The summed E-state index contributed by atoms with van der Waals surface area (Å²) in [6.07, 6.45) is 2.48. The van der Waals surface area contributed by atoms with Gasteiger partial charge >= 0.3 is 6.03 Å². The van der Waals surface area contributed by atoms with Crippen molar-refractivity contribution in [3.63, 3.8) is 0 Å². The average Bonchev–Trinajstić information content (AvgIpc) is 3.17. The van der Waals surface area contributed by atoms with Gasteiger partial charge in [0.15, 0.2) is 5.76 Å². The van der Waals surface area contributed by atoms with Crippen LogP contribution in [0, 0.1) is 5.82 Å². The fourth-order valence-electron chi connectivity index (χ4n) is 2.74. The third-order valence-corrected chi connectivity index (χ3v) is 4.45. The molecule has 1 atom stereocenters. The molecule has 0 spiro atoms. The van der Waals surface area contributed by atoms with Gasteiger partial charge in [-0.2, -0.15) is 0 Å². The zero-order valence-corrected chi connectivity index (χ0v) is 14.3. The van der Waals surface area contributed by atoms with E-state index in [1.54, 1.807) is 11.0 Å². The molecule has 1 aromatic heterocycles. The first-order chi connectivity index (χ1) is 11.1. The van der Waals surface area contributed by atoms with Gasteiger partial charge in [-0.25, -0.2) is 9.18 Å². The van der Waals surface area contributed by atoms with Gasteiger partial charge in [-0.05, 0) is 37.5 Å². The number of aryl methyl sites for hydroxylation is 1. The van der Waals surface area contributed by atoms with Gasteiger partial charge in [-0.15, -0.1) is 0 Å². The Balaban J connectivity index is 1.75. The molecule has 23 heavy (non-hydrogen) atoms. The molecule has 0 radical (unpaired) electrons. The maximum absolute atomic E-state index is 13.9. The minimum atomic E-state index is -0.476. The maximum atomic E-state index is 13.9. The van der Waals surface area contributed by atoms with E-state index in [1.165, 1.54) is 12.1 Å². The van der Waals surface area contributed by atoms with Crippen molar-refractivity contribution < 1.29 is 13.7 Å². The Morgan fingerprint density at radius 2 is 2.35 bits per heavy atom. The summed E-state index contributed by atoms with van der Waals surface area (Å²) in [5.74, 6) is 0.210. The average molecular weight is 382 g/mol. The summed E-state index contributed by atoms with van der Waals surface area (Å²) in [7, 11) is 0. The van der Waals surface area contributed by atoms with E-state index in [-0.39, 0.29) is 17.8 Å². The first-order valence-corrected chi connectivity index (χ1v) is 8.36. The predicted octanol–water partition coefficient (Wildman–Crippen LogP) is 4.51. The third-order valence-electron chi connectivity index (χ3n) is 3.95. The Morgan fingerprint density at radius 1 is 1.52 bits per heavy atom. The predicted molar refractivity (Wildman–Crippen MR) is 87.7 cm³/mol. The van der Waals surface area contributed by atoms with Crippen LogP contribution in [-0.2, 0) is 6.42 Å². The van der Waals surface area contributed by atoms with E-state index in [9.17, 15) is 9.18 Å². The lowest BCUT2D eigenvalue weighted by molar-refractivity contribution is 0.195. The molecule has 1 aliphatic heterocycles. The van der Waals surface area contributed by atoms with E-state index >= 15 is 0 Å². The van der Waals surface area contributed by atoms with E-state index in [0.29, 0.717) is 16.8 Å². The van der Waals surface area contributed by atoms with Crippen molar-refractivity contribution in [2.24, 2.45) is 0 Å². The number of nitrogens with zero attached hydrogens (tertiary/aromatic N) is 2. The molecule has 2 heterocycles. The highest BCUT2D eigenvalue weighted by atomic mass is 79.9. The molecular formula is C16H17BrFN3O2. The normalized spacial score (nSPS) is 17.5. The molecule has 0 bridgehead atoms. The number of nitrogens with one attached hydrogen (secondary N) is 1. The molecule has 2 amide bonds. The zero-order chi connectivity index (χ0) is 16.4. The second kappa shape index (κ2) is 6.70. The van der Waals surface area contributed by atoms with Gasteiger partial charge in [0.25, 0.3) is 0 Å². The highest BCUT2D eigenvalue weighted by molar-refractivity contribution is 9.10. The number of hydrogen-bond acceptors (Lipinski definition) is 3. The largest absolute Gasteiger partial charge is 0.359 e. The summed E-state index contributed by atoms with van der Waals surface area (Å²) in [6, 6.07) is 5.94. The van der Waals surface area contributed by atoms with Crippen LogP contribution in [0.3, 0.4) is 0 Å². The first-order valence-electron chi connectivity index (χ1n) is 7.56. The van der Waals surface area contributed by atoms with Crippen molar-refractivity contribution in [3.8, 4) is 0 Å². The van der Waals surface area contributed by atoms with Crippen LogP contribution in [0.5, 0.6) is 0 Å². The Bertz CT molecular complexity index is 719. The number of benzene rings is 1. The fourth-order valence-corrected chi connectivity index (χ4v) is 3.07. The van der Waals surface area contributed by atoms with Crippen molar-refractivity contribution in [2.75, 3.05) is 11.9 Å². The molecule has 2 aromatic rings. The number of aromatic nitrogens is 1. The summed E-state index contributed by atoms with van der Waals surface area (Å²) in [5.41, 5.74) is 1.03.